The summed E-state index contributed by atoms with van der Waals surface area (Å²) in [6.07, 6.45) is 7.28. The zero-order valence-electron chi connectivity index (χ0n) is 17.5. The van der Waals surface area contributed by atoms with Crippen molar-refractivity contribution in [3.8, 4) is 11.1 Å². The van der Waals surface area contributed by atoms with Gasteiger partial charge in [0.25, 0.3) is 5.56 Å². The van der Waals surface area contributed by atoms with Gasteiger partial charge in [-0.2, -0.15) is 10.1 Å². The summed E-state index contributed by atoms with van der Waals surface area (Å²) in [4.78, 5) is 23.6. The van der Waals surface area contributed by atoms with Crippen LogP contribution in [0, 0.1) is 5.82 Å². The lowest BCUT2D eigenvalue weighted by Gasteiger charge is -2.38. The van der Waals surface area contributed by atoms with E-state index >= 15 is 4.39 Å². The topological polar surface area (TPSA) is 97.8 Å². The van der Waals surface area contributed by atoms with Crippen molar-refractivity contribution in [3.05, 3.63) is 40.7 Å². The molecule has 160 valence electrons. The van der Waals surface area contributed by atoms with E-state index in [1.54, 1.807) is 47.9 Å². The highest BCUT2D eigenvalue weighted by atomic mass is 19.1. The molecule has 0 saturated carbocycles. The first-order chi connectivity index (χ1) is 14.9. The molecule has 2 saturated heterocycles. The number of benzene rings is 1. The molecule has 8 nitrogen and oxygen atoms in total. The number of hydrogen-bond donors (Lipinski definition) is 2. The molecule has 3 aromatic heterocycles. The summed E-state index contributed by atoms with van der Waals surface area (Å²) in [5.41, 5.74) is 7.97. The number of rotatable bonds is 2. The molecule has 1 aromatic carbocycles. The van der Waals surface area contributed by atoms with E-state index < -0.39 is 0 Å². The van der Waals surface area contributed by atoms with Gasteiger partial charge in [-0.05, 0) is 37.8 Å². The Hall–Kier alpha value is -3.20. The van der Waals surface area contributed by atoms with Crippen molar-refractivity contribution in [2.45, 2.75) is 43.8 Å². The minimum atomic E-state index is -0.388. The first kappa shape index (κ1) is 18.6. The van der Waals surface area contributed by atoms with E-state index in [0.29, 0.717) is 51.1 Å². The van der Waals surface area contributed by atoms with Crippen LogP contribution in [0.15, 0.2) is 29.3 Å². The molecule has 0 unspecified atom stereocenters. The first-order valence-electron chi connectivity index (χ1n) is 10.7. The highest BCUT2D eigenvalue weighted by molar-refractivity contribution is 5.96. The van der Waals surface area contributed by atoms with Crippen LogP contribution in [-0.2, 0) is 14.1 Å². The third kappa shape index (κ3) is 2.59. The van der Waals surface area contributed by atoms with Crippen molar-refractivity contribution in [1.29, 1.82) is 0 Å². The highest BCUT2D eigenvalue weighted by Crippen LogP contribution is 2.38. The second-order valence-corrected chi connectivity index (χ2v) is 8.89. The van der Waals surface area contributed by atoms with E-state index in [0.717, 1.165) is 25.7 Å². The molecule has 0 radical (unpaired) electrons. The Bertz CT molecular complexity index is 1390. The van der Waals surface area contributed by atoms with Gasteiger partial charge in [0.15, 0.2) is 0 Å². The smallest absolute Gasteiger partial charge is 0.264 e. The second kappa shape index (κ2) is 6.40. The quantitative estimate of drug-likeness (QED) is 0.518. The monoisotopic (exact) mass is 421 g/mol. The van der Waals surface area contributed by atoms with Crippen LogP contribution in [0.3, 0.4) is 0 Å². The molecule has 5 heterocycles. The Morgan fingerprint density at radius 2 is 1.90 bits per heavy atom. The number of H-pyrrole nitrogens is 1. The van der Waals surface area contributed by atoms with Crippen LogP contribution in [0.25, 0.3) is 33.1 Å². The molecule has 2 fully saturated rings. The van der Waals surface area contributed by atoms with Crippen molar-refractivity contribution in [2.24, 2.45) is 19.8 Å². The van der Waals surface area contributed by atoms with Gasteiger partial charge in [0.05, 0.1) is 16.3 Å². The van der Waals surface area contributed by atoms with Crippen LogP contribution in [0.2, 0.25) is 0 Å². The number of fused-ring (bicyclic) bond motifs is 4. The zero-order chi connectivity index (χ0) is 21.4. The summed E-state index contributed by atoms with van der Waals surface area (Å²) < 4.78 is 18.5. The number of aromatic nitrogens is 5. The van der Waals surface area contributed by atoms with Gasteiger partial charge < -0.3 is 15.6 Å². The molecule has 0 spiro atoms. The predicted molar refractivity (Wildman–Crippen MR) is 117 cm³/mol. The van der Waals surface area contributed by atoms with E-state index in [2.05, 4.69) is 15.0 Å². The second-order valence-electron chi connectivity index (χ2n) is 8.89. The standard InChI is InChI=1S/C22H24FN7O/c1-28-10-16-17(27-28)6-5-14(19(16)23)15-9-25-20-18(15)21(31)29(2)22(26-20)30-12-3-4-13(30)8-11(24)7-12/h5-6,9-13,25H,3-4,7-8,24H2,1-2H3/t11-,12+,13-. The SMILES string of the molecule is Cn1cc2c(F)c(-c3c[nH]c4nc(N5[C@@H]6CC[C@H]5C[C@@H](N)C6)n(C)c(=O)c34)ccc2n1. The number of halogens is 1. The van der Waals surface area contributed by atoms with Gasteiger partial charge in [0.1, 0.15) is 11.5 Å². The molecule has 2 bridgehead atoms. The van der Waals surface area contributed by atoms with Crippen LogP contribution < -0.4 is 16.2 Å². The average molecular weight is 421 g/mol. The van der Waals surface area contributed by atoms with Crippen LogP contribution in [0.4, 0.5) is 10.3 Å². The third-order valence-corrected chi connectivity index (χ3v) is 6.92. The van der Waals surface area contributed by atoms with E-state index in [-0.39, 0.29) is 17.4 Å². The lowest BCUT2D eigenvalue weighted by atomic mass is 9.98. The van der Waals surface area contributed by atoms with Crippen molar-refractivity contribution in [1.82, 2.24) is 24.3 Å². The Balaban J connectivity index is 1.52. The van der Waals surface area contributed by atoms with Gasteiger partial charge in [-0.25, -0.2) is 4.39 Å². The summed E-state index contributed by atoms with van der Waals surface area (Å²) in [5.74, 6) is 0.272. The molecule has 9 heteroatoms. The van der Waals surface area contributed by atoms with Gasteiger partial charge in [-0.3, -0.25) is 14.0 Å². The number of nitrogens with zero attached hydrogens (tertiary/aromatic N) is 5. The molecule has 3 N–H and O–H groups in total. The van der Waals surface area contributed by atoms with Crippen LogP contribution >= 0.6 is 0 Å². The fourth-order valence-corrected chi connectivity index (χ4v) is 5.53. The van der Waals surface area contributed by atoms with Gasteiger partial charge in [-0.1, -0.05) is 0 Å². The zero-order valence-corrected chi connectivity index (χ0v) is 17.5. The molecular formula is C22H24FN7O. The van der Waals surface area contributed by atoms with E-state index in [9.17, 15) is 4.79 Å². The van der Waals surface area contributed by atoms with Gasteiger partial charge >= 0.3 is 0 Å². The lowest BCUT2D eigenvalue weighted by molar-refractivity contribution is 0.405. The lowest BCUT2D eigenvalue weighted by Crippen LogP contribution is -2.49. The molecule has 0 amide bonds. The van der Waals surface area contributed by atoms with E-state index in [4.69, 9.17) is 10.7 Å². The molecular weight excluding hydrogens is 397 g/mol. The number of piperidine rings is 1. The normalized spacial score (nSPS) is 23.4. The van der Waals surface area contributed by atoms with Crippen LogP contribution in [0.5, 0.6) is 0 Å². The maximum atomic E-state index is 15.3. The number of nitrogens with one attached hydrogen (secondary N) is 1. The molecule has 4 aromatic rings. The maximum absolute atomic E-state index is 15.3. The van der Waals surface area contributed by atoms with Gasteiger partial charge in [0, 0.05) is 55.7 Å². The van der Waals surface area contributed by atoms with Crippen molar-refractivity contribution in [2.75, 3.05) is 4.90 Å². The molecule has 31 heavy (non-hydrogen) atoms. The van der Waals surface area contributed by atoms with Crippen molar-refractivity contribution in [3.63, 3.8) is 0 Å². The summed E-state index contributed by atoms with van der Waals surface area (Å²) in [6, 6.07) is 4.27. The van der Waals surface area contributed by atoms with E-state index in [1.165, 1.54) is 0 Å². The Morgan fingerprint density at radius 3 is 2.65 bits per heavy atom. The molecule has 0 aliphatic carbocycles. The van der Waals surface area contributed by atoms with Gasteiger partial charge in [0.2, 0.25) is 5.95 Å². The summed E-state index contributed by atoms with van der Waals surface area (Å²) in [5, 5.41) is 5.08. The van der Waals surface area contributed by atoms with Crippen molar-refractivity contribution < 1.29 is 4.39 Å². The predicted octanol–water partition coefficient (Wildman–Crippen LogP) is 2.41. The fraction of sp³-hybridized carbons (Fsp3) is 0.409. The van der Waals surface area contributed by atoms with Crippen LogP contribution in [0.1, 0.15) is 25.7 Å². The Morgan fingerprint density at radius 1 is 1.16 bits per heavy atom. The number of anilines is 1. The molecule has 6 rings (SSSR count). The van der Waals surface area contributed by atoms with Gasteiger partial charge in [-0.15, -0.1) is 0 Å². The Labute approximate surface area is 177 Å². The summed E-state index contributed by atoms with van der Waals surface area (Å²) >= 11 is 0. The highest BCUT2D eigenvalue weighted by Gasteiger charge is 2.41. The fourth-order valence-electron chi connectivity index (χ4n) is 5.53. The van der Waals surface area contributed by atoms with Crippen LogP contribution in [-0.4, -0.2) is 42.4 Å². The van der Waals surface area contributed by atoms with E-state index in [1.807, 2.05) is 0 Å². The minimum Gasteiger partial charge on any atom is -0.345 e. The third-order valence-electron chi connectivity index (χ3n) is 6.92. The first-order valence-corrected chi connectivity index (χ1v) is 10.7. The summed E-state index contributed by atoms with van der Waals surface area (Å²) in [6.45, 7) is 0. The Kier molecular flexibility index (Phi) is 3.83. The number of aromatic amines is 1. The number of nitrogens with two attached hydrogens (primary N) is 1. The largest absolute Gasteiger partial charge is 0.345 e. The number of hydrogen-bond acceptors (Lipinski definition) is 5. The minimum absolute atomic E-state index is 0.184. The number of aryl methyl sites for hydroxylation is 1. The van der Waals surface area contributed by atoms with Crippen molar-refractivity contribution >= 4 is 27.9 Å². The molecule has 2 aliphatic heterocycles. The maximum Gasteiger partial charge on any atom is 0.264 e. The summed E-state index contributed by atoms with van der Waals surface area (Å²) in [7, 11) is 3.50. The molecule has 2 aliphatic rings. The average Bonchev–Trinajstić information content (AvgIpc) is 3.39. The molecule has 3 atom stereocenters.